The van der Waals surface area contributed by atoms with Gasteiger partial charge in [-0.3, -0.25) is 4.79 Å². The molecule has 3 nitrogen and oxygen atoms in total. The summed E-state index contributed by atoms with van der Waals surface area (Å²) in [6, 6.07) is 0. The van der Waals surface area contributed by atoms with E-state index in [1.54, 1.807) is 11.8 Å². The fourth-order valence-electron chi connectivity index (χ4n) is 1.33. The number of hydrogen-bond acceptors (Lipinski definition) is 3. The Morgan fingerprint density at radius 2 is 2.31 bits per heavy atom. The van der Waals surface area contributed by atoms with Crippen LogP contribution >= 0.6 is 11.8 Å². The van der Waals surface area contributed by atoms with Crippen LogP contribution in [-0.2, 0) is 4.79 Å². The summed E-state index contributed by atoms with van der Waals surface area (Å²) < 4.78 is 0. The van der Waals surface area contributed by atoms with E-state index in [0.29, 0.717) is 5.92 Å². The molecule has 0 heterocycles. The Labute approximate surface area is 83.8 Å². The van der Waals surface area contributed by atoms with Crippen LogP contribution in [0.25, 0.3) is 0 Å². The second-order valence-electron chi connectivity index (χ2n) is 3.81. The van der Waals surface area contributed by atoms with Crippen molar-refractivity contribution in [1.29, 1.82) is 0 Å². The highest BCUT2D eigenvalue weighted by molar-refractivity contribution is 7.98. The van der Waals surface area contributed by atoms with E-state index in [1.807, 2.05) is 13.2 Å². The van der Waals surface area contributed by atoms with E-state index in [9.17, 15) is 4.79 Å². The molecule has 0 bridgehead atoms. The molecule has 1 fully saturated rings. The van der Waals surface area contributed by atoms with Gasteiger partial charge < -0.3 is 11.1 Å². The Kier molecular flexibility index (Phi) is 3.62. The molecule has 4 heteroatoms. The maximum Gasteiger partial charge on any atom is 0.240 e. The number of nitrogens with two attached hydrogens (primary N) is 1. The number of nitrogens with one attached hydrogen (secondary N) is 1. The zero-order chi connectivity index (χ0) is 9.90. The van der Waals surface area contributed by atoms with Crippen molar-refractivity contribution in [1.82, 2.24) is 5.32 Å². The summed E-state index contributed by atoms with van der Waals surface area (Å²) in [6.45, 7) is 2.55. The van der Waals surface area contributed by atoms with Crippen molar-refractivity contribution in [2.24, 2.45) is 11.7 Å². The molecular weight excluding hydrogens is 184 g/mol. The molecule has 1 rings (SSSR count). The second kappa shape index (κ2) is 4.33. The topological polar surface area (TPSA) is 55.1 Å². The number of rotatable bonds is 5. The van der Waals surface area contributed by atoms with Gasteiger partial charge in [0.1, 0.15) is 0 Å². The Hall–Kier alpha value is -0.220. The summed E-state index contributed by atoms with van der Waals surface area (Å²) in [5.74, 6) is 1.36. The third kappa shape index (κ3) is 2.88. The number of thioether (sulfide) groups is 1. The molecule has 1 atom stereocenters. The van der Waals surface area contributed by atoms with Crippen LogP contribution in [0.5, 0.6) is 0 Å². The molecule has 1 unspecified atom stereocenters. The predicted molar refractivity (Wildman–Crippen MR) is 56.7 cm³/mol. The summed E-state index contributed by atoms with van der Waals surface area (Å²) in [6.07, 6.45) is 4.22. The quantitative estimate of drug-likeness (QED) is 0.642. The van der Waals surface area contributed by atoms with Crippen molar-refractivity contribution >= 4 is 17.7 Å². The van der Waals surface area contributed by atoms with Gasteiger partial charge in [-0.2, -0.15) is 11.8 Å². The minimum Gasteiger partial charge on any atom is -0.354 e. The summed E-state index contributed by atoms with van der Waals surface area (Å²) in [5.41, 5.74) is 5.29. The highest BCUT2D eigenvalue weighted by atomic mass is 32.2. The maximum atomic E-state index is 11.6. The standard InChI is InChI=1S/C9H18N2OS/c1-9(10,7-3-4-7)8(12)11-5-6-13-2/h7H,3-6,10H2,1-2H3,(H,11,12). The van der Waals surface area contributed by atoms with E-state index in [0.717, 1.165) is 25.1 Å². The zero-order valence-electron chi connectivity index (χ0n) is 8.30. The predicted octanol–water partition coefficient (Wildman–Crippen LogP) is 0.593. The van der Waals surface area contributed by atoms with Gasteiger partial charge in [0.15, 0.2) is 0 Å². The molecule has 76 valence electrons. The number of hydrogen-bond donors (Lipinski definition) is 2. The molecular formula is C9H18N2OS. The summed E-state index contributed by atoms with van der Waals surface area (Å²) in [5, 5.41) is 2.86. The van der Waals surface area contributed by atoms with Crippen LogP contribution in [0.1, 0.15) is 19.8 Å². The highest BCUT2D eigenvalue weighted by Gasteiger charge is 2.43. The normalized spacial score (nSPS) is 20.8. The van der Waals surface area contributed by atoms with Crippen LogP contribution in [0.3, 0.4) is 0 Å². The lowest BCUT2D eigenvalue weighted by molar-refractivity contribution is -0.126. The summed E-state index contributed by atoms with van der Waals surface area (Å²) in [4.78, 5) is 11.6. The highest BCUT2D eigenvalue weighted by Crippen LogP contribution is 2.37. The van der Waals surface area contributed by atoms with Gasteiger partial charge >= 0.3 is 0 Å². The Bertz CT molecular complexity index is 190. The van der Waals surface area contributed by atoms with Gasteiger partial charge in [0.2, 0.25) is 5.91 Å². The number of carbonyl (C=O) groups is 1. The molecule has 0 aromatic carbocycles. The first-order valence-corrected chi connectivity index (χ1v) is 6.04. The Morgan fingerprint density at radius 3 is 2.77 bits per heavy atom. The number of carbonyl (C=O) groups excluding carboxylic acids is 1. The lowest BCUT2D eigenvalue weighted by Gasteiger charge is -2.22. The molecule has 0 aliphatic heterocycles. The van der Waals surface area contributed by atoms with Crippen molar-refractivity contribution < 1.29 is 4.79 Å². The van der Waals surface area contributed by atoms with Crippen LogP contribution in [-0.4, -0.2) is 30.0 Å². The Morgan fingerprint density at radius 1 is 1.69 bits per heavy atom. The monoisotopic (exact) mass is 202 g/mol. The van der Waals surface area contributed by atoms with Gasteiger partial charge in [0.05, 0.1) is 5.54 Å². The molecule has 1 aliphatic carbocycles. The van der Waals surface area contributed by atoms with Gasteiger partial charge in [-0.15, -0.1) is 0 Å². The van der Waals surface area contributed by atoms with Crippen molar-refractivity contribution in [2.75, 3.05) is 18.6 Å². The van der Waals surface area contributed by atoms with Gasteiger partial charge in [0, 0.05) is 12.3 Å². The zero-order valence-corrected chi connectivity index (χ0v) is 9.12. The van der Waals surface area contributed by atoms with Crippen LogP contribution in [0, 0.1) is 5.92 Å². The minimum absolute atomic E-state index is 0.00375. The molecule has 1 saturated carbocycles. The smallest absolute Gasteiger partial charge is 0.240 e. The third-order valence-corrected chi connectivity index (χ3v) is 3.12. The van der Waals surface area contributed by atoms with Crippen LogP contribution in [0.15, 0.2) is 0 Å². The van der Waals surface area contributed by atoms with Gasteiger partial charge in [0.25, 0.3) is 0 Å². The first-order chi connectivity index (χ1) is 6.09. The van der Waals surface area contributed by atoms with Crippen molar-refractivity contribution in [3.05, 3.63) is 0 Å². The first kappa shape index (κ1) is 10.9. The summed E-state index contributed by atoms with van der Waals surface area (Å²) in [7, 11) is 0. The van der Waals surface area contributed by atoms with Gasteiger partial charge in [-0.1, -0.05) is 0 Å². The molecule has 0 aromatic rings. The van der Waals surface area contributed by atoms with E-state index < -0.39 is 5.54 Å². The first-order valence-electron chi connectivity index (χ1n) is 4.65. The van der Waals surface area contributed by atoms with Crippen molar-refractivity contribution in [2.45, 2.75) is 25.3 Å². The fourth-order valence-corrected chi connectivity index (χ4v) is 1.63. The van der Waals surface area contributed by atoms with Crippen molar-refractivity contribution in [3.8, 4) is 0 Å². The average molecular weight is 202 g/mol. The molecule has 1 aliphatic rings. The fraction of sp³-hybridized carbons (Fsp3) is 0.889. The molecule has 0 radical (unpaired) electrons. The molecule has 13 heavy (non-hydrogen) atoms. The molecule has 0 aromatic heterocycles. The van der Waals surface area contributed by atoms with E-state index in [2.05, 4.69) is 5.32 Å². The van der Waals surface area contributed by atoms with Crippen LogP contribution in [0.2, 0.25) is 0 Å². The molecule has 0 spiro atoms. The minimum atomic E-state index is -0.640. The molecule has 0 saturated heterocycles. The van der Waals surface area contributed by atoms with Crippen molar-refractivity contribution in [3.63, 3.8) is 0 Å². The number of amides is 1. The third-order valence-electron chi connectivity index (χ3n) is 2.51. The van der Waals surface area contributed by atoms with Crippen LogP contribution in [0.4, 0.5) is 0 Å². The lowest BCUT2D eigenvalue weighted by atomic mass is 9.96. The SMILES string of the molecule is CSCCNC(=O)C(C)(N)C1CC1. The summed E-state index contributed by atoms with van der Waals surface area (Å²) >= 11 is 1.72. The van der Waals surface area contributed by atoms with E-state index in [4.69, 9.17) is 5.73 Å². The van der Waals surface area contributed by atoms with Crippen LogP contribution < -0.4 is 11.1 Å². The van der Waals surface area contributed by atoms with E-state index >= 15 is 0 Å². The lowest BCUT2D eigenvalue weighted by Crippen LogP contribution is -2.53. The maximum absolute atomic E-state index is 11.6. The van der Waals surface area contributed by atoms with E-state index in [-0.39, 0.29) is 5.91 Å². The van der Waals surface area contributed by atoms with Gasteiger partial charge in [-0.25, -0.2) is 0 Å². The van der Waals surface area contributed by atoms with E-state index in [1.165, 1.54) is 0 Å². The second-order valence-corrected chi connectivity index (χ2v) is 4.79. The van der Waals surface area contributed by atoms with Gasteiger partial charge in [-0.05, 0) is 31.9 Å². The average Bonchev–Trinajstić information content (AvgIpc) is 2.86. The Balaban J connectivity index is 2.28. The largest absolute Gasteiger partial charge is 0.354 e. The molecule has 1 amide bonds. The molecule has 3 N–H and O–H groups in total.